The van der Waals surface area contributed by atoms with Gasteiger partial charge in [0.2, 0.25) is 0 Å². The van der Waals surface area contributed by atoms with E-state index in [2.05, 4.69) is 11.0 Å². The molecule has 2 N–H and O–H groups in total. The summed E-state index contributed by atoms with van der Waals surface area (Å²) in [5, 5.41) is 19.1. The highest BCUT2D eigenvalue weighted by molar-refractivity contribution is 5.64. The minimum Gasteiger partial charge on any atom is -0.508 e. The molecule has 15 heavy (non-hydrogen) atoms. The lowest BCUT2D eigenvalue weighted by atomic mass is 10.1. The number of fused-ring (bicyclic) bond motifs is 1. The lowest BCUT2D eigenvalue weighted by molar-refractivity contribution is 0.200. The molecule has 3 nitrogen and oxygen atoms in total. The quantitative estimate of drug-likeness (QED) is 0.771. The van der Waals surface area contributed by atoms with Crippen molar-refractivity contribution in [2.45, 2.75) is 26.4 Å². The number of phenolic OH excluding ortho intramolecular Hbond substituents is 1. The first-order chi connectivity index (χ1) is 7.08. The third-order valence-electron chi connectivity index (χ3n) is 2.80. The van der Waals surface area contributed by atoms with E-state index in [-0.39, 0.29) is 6.10 Å². The van der Waals surface area contributed by atoms with E-state index in [1.807, 2.05) is 6.92 Å². The number of aliphatic hydroxyl groups excluding tert-OH is 1. The zero-order chi connectivity index (χ0) is 11.0. The molecule has 2 rings (SSSR count). The van der Waals surface area contributed by atoms with Gasteiger partial charge >= 0.3 is 0 Å². The van der Waals surface area contributed by atoms with Crippen molar-refractivity contribution >= 4 is 5.69 Å². The second kappa shape index (κ2) is 3.74. The SMILES string of the molecule is Cc1cc(O)c2c(c1)N(CC(C)O)CC2. The van der Waals surface area contributed by atoms with Crippen molar-refractivity contribution in [3.63, 3.8) is 0 Å². The van der Waals surface area contributed by atoms with Gasteiger partial charge in [0.05, 0.1) is 6.10 Å². The van der Waals surface area contributed by atoms with Crippen LogP contribution in [0, 0.1) is 6.92 Å². The molecular weight excluding hydrogens is 190 g/mol. The van der Waals surface area contributed by atoms with E-state index >= 15 is 0 Å². The van der Waals surface area contributed by atoms with E-state index in [1.165, 1.54) is 0 Å². The van der Waals surface area contributed by atoms with E-state index in [9.17, 15) is 10.2 Å². The van der Waals surface area contributed by atoms with Gasteiger partial charge < -0.3 is 15.1 Å². The van der Waals surface area contributed by atoms with Crippen LogP contribution in [0.2, 0.25) is 0 Å². The van der Waals surface area contributed by atoms with Crippen molar-refractivity contribution in [2.75, 3.05) is 18.0 Å². The Bertz CT molecular complexity index is 374. The van der Waals surface area contributed by atoms with Crippen LogP contribution in [-0.4, -0.2) is 29.4 Å². The molecule has 0 amide bonds. The van der Waals surface area contributed by atoms with Gasteiger partial charge in [-0.2, -0.15) is 0 Å². The molecule has 0 fully saturated rings. The molecule has 1 heterocycles. The van der Waals surface area contributed by atoms with Crippen LogP contribution in [0.25, 0.3) is 0 Å². The number of aliphatic hydroxyl groups is 1. The minimum atomic E-state index is -0.335. The van der Waals surface area contributed by atoms with Crippen LogP contribution in [0.4, 0.5) is 5.69 Å². The Morgan fingerprint density at radius 2 is 2.20 bits per heavy atom. The van der Waals surface area contributed by atoms with E-state index < -0.39 is 0 Å². The van der Waals surface area contributed by atoms with Crippen LogP contribution in [0.1, 0.15) is 18.1 Å². The molecule has 0 bridgehead atoms. The van der Waals surface area contributed by atoms with Gasteiger partial charge in [-0.3, -0.25) is 0 Å². The summed E-state index contributed by atoms with van der Waals surface area (Å²) >= 11 is 0. The van der Waals surface area contributed by atoms with Crippen LogP contribution in [0.3, 0.4) is 0 Å². The molecule has 0 aliphatic carbocycles. The highest BCUT2D eigenvalue weighted by atomic mass is 16.3. The molecule has 1 aromatic rings. The highest BCUT2D eigenvalue weighted by Crippen LogP contribution is 2.35. The van der Waals surface area contributed by atoms with Gasteiger partial charge in [0.25, 0.3) is 0 Å². The molecule has 0 saturated heterocycles. The summed E-state index contributed by atoms with van der Waals surface area (Å²) in [4.78, 5) is 2.13. The standard InChI is InChI=1S/C12H17NO2/c1-8-5-11-10(12(15)6-8)3-4-13(11)7-9(2)14/h5-6,9,14-15H,3-4,7H2,1-2H3. The fraction of sp³-hybridized carbons (Fsp3) is 0.500. The summed E-state index contributed by atoms with van der Waals surface area (Å²) in [5.74, 6) is 0.387. The van der Waals surface area contributed by atoms with Crippen molar-refractivity contribution in [1.82, 2.24) is 0 Å². The zero-order valence-corrected chi connectivity index (χ0v) is 9.20. The second-order valence-corrected chi connectivity index (χ2v) is 4.33. The first kappa shape index (κ1) is 10.3. The van der Waals surface area contributed by atoms with Crippen LogP contribution in [0.5, 0.6) is 5.75 Å². The summed E-state index contributed by atoms with van der Waals surface area (Å²) in [6.07, 6.45) is 0.535. The van der Waals surface area contributed by atoms with Gasteiger partial charge in [-0.15, -0.1) is 0 Å². The maximum Gasteiger partial charge on any atom is 0.121 e. The molecule has 1 atom stereocenters. The minimum absolute atomic E-state index is 0.335. The van der Waals surface area contributed by atoms with Crippen molar-refractivity contribution in [1.29, 1.82) is 0 Å². The number of anilines is 1. The number of rotatable bonds is 2. The predicted molar refractivity (Wildman–Crippen MR) is 60.4 cm³/mol. The van der Waals surface area contributed by atoms with E-state index in [4.69, 9.17) is 0 Å². The van der Waals surface area contributed by atoms with Gasteiger partial charge in [-0.05, 0) is 38.0 Å². The Morgan fingerprint density at radius 3 is 2.87 bits per heavy atom. The molecule has 1 aromatic carbocycles. The smallest absolute Gasteiger partial charge is 0.121 e. The lowest BCUT2D eigenvalue weighted by Gasteiger charge is -2.21. The van der Waals surface area contributed by atoms with Gasteiger partial charge in [0, 0.05) is 24.3 Å². The Balaban J connectivity index is 2.33. The number of aryl methyl sites for hydroxylation is 1. The molecule has 1 aliphatic heterocycles. The fourth-order valence-corrected chi connectivity index (χ4v) is 2.19. The lowest BCUT2D eigenvalue weighted by Crippen LogP contribution is -2.29. The monoisotopic (exact) mass is 207 g/mol. The average molecular weight is 207 g/mol. The molecule has 3 heteroatoms. The summed E-state index contributed by atoms with van der Waals surface area (Å²) < 4.78 is 0. The Morgan fingerprint density at radius 1 is 1.47 bits per heavy atom. The molecule has 0 saturated carbocycles. The molecule has 82 valence electrons. The maximum absolute atomic E-state index is 9.77. The Hall–Kier alpha value is -1.22. The number of hydrogen-bond acceptors (Lipinski definition) is 3. The van der Waals surface area contributed by atoms with Crippen LogP contribution in [-0.2, 0) is 6.42 Å². The summed E-state index contributed by atoms with van der Waals surface area (Å²) in [6, 6.07) is 3.87. The first-order valence-corrected chi connectivity index (χ1v) is 5.33. The van der Waals surface area contributed by atoms with Crippen LogP contribution < -0.4 is 4.90 Å². The van der Waals surface area contributed by atoms with Crippen LogP contribution in [0.15, 0.2) is 12.1 Å². The number of β-amino-alcohol motifs (C(OH)–C–C–N with tert-alkyl or cyclic N) is 1. The molecule has 1 aliphatic rings. The fourth-order valence-electron chi connectivity index (χ4n) is 2.19. The van der Waals surface area contributed by atoms with Gasteiger partial charge in [-0.1, -0.05) is 0 Å². The van der Waals surface area contributed by atoms with Crippen molar-refractivity contribution in [3.05, 3.63) is 23.3 Å². The van der Waals surface area contributed by atoms with Crippen molar-refractivity contribution in [2.24, 2.45) is 0 Å². The van der Waals surface area contributed by atoms with E-state index in [1.54, 1.807) is 13.0 Å². The predicted octanol–water partition coefficient (Wildman–Crippen LogP) is 1.44. The first-order valence-electron chi connectivity index (χ1n) is 5.33. The normalized spacial score (nSPS) is 16.6. The molecule has 0 aromatic heterocycles. The number of hydrogen-bond donors (Lipinski definition) is 2. The number of phenols is 1. The summed E-state index contributed by atoms with van der Waals surface area (Å²) in [7, 11) is 0. The summed E-state index contributed by atoms with van der Waals surface area (Å²) in [6.45, 7) is 5.28. The van der Waals surface area contributed by atoms with Crippen LogP contribution >= 0.6 is 0 Å². The third-order valence-corrected chi connectivity index (χ3v) is 2.80. The molecular formula is C12H17NO2. The number of nitrogens with zero attached hydrogens (tertiary/aromatic N) is 1. The zero-order valence-electron chi connectivity index (χ0n) is 9.20. The maximum atomic E-state index is 9.77. The van der Waals surface area contributed by atoms with E-state index in [0.29, 0.717) is 12.3 Å². The van der Waals surface area contributed by atoms with Gasteiger partial charge in [0.15, 0.2) is 0 Å². The molecule has 0 spiro atoms. The topological polar surface area (TPSA) is 43.7 Å². The third kappa shape index (κ3) is 1.92. The largest absolute Gasteiger partial charge is 0.508 e. The molecule has 0 radical (unpaired) electrons. The van der Waals surface area contributed by atoms with E-state index in [0.717, 1.165) is 29.8 Å². The van der Waals surface area contributed by atoms with Gasteiger partial charge in [-0.25, -0.2) is 0 Å². The highest BCUT2D eigenvalue weighted by Gasteiger charge is 2.22. The van der Waals surface area contributed by atoms with Crippen molar-refractivity contribution in [3.8, 4) is 5.75 Å². The summed E-state index contributed by atoms with van der Waals surface area (Å²) in [5.41, 5.74) is 3.15. The van der Waals surface area contributed by atoms with Crippen molar-refractivity contribution < 1.29 is 10.2 Å². The number of benzene rings is 1. The second-order valence-electron chi connectivity index (χ2n) is 4.33. The Kier molecular flexibility index (Phi) is 2.57. The molecule has 1 unspecified atom stereocenters. The number of aromatic hydroxyl groups is 1. The Labute approximate surface area is 90.0 Å². The van der Waals surface area contributed by atoms with Gasteiger partial charge in [0.1, 0.15) is 5.75 Å². The average Bonchev–Trinajstić information content (AvgIpc) is 2.48.